The van der Waals surface area contributed by atoms with Crippen molar-refractivity contribution >= 4 is 11.8 Å². The Morgan fingerprint density at radius 2 is 1.76 bits per heavy atom. The number of nitrogens with zero attached hydrogens (tertiary/aromatic N) is 3. The predicted octanol–water partition coefficient (Wildman–Crippen LogP) is 0.0120. The molecule has 2 amide bonds. The maximum absolute atomic E-state index is 12.5. The molecule has 0 aromatic carbocycles. The minimum absolute atomic E-state index is 0.0788. The Kier molecular flexibility index (Phi) is 7.65. The van der Waals surface area contributed by atoms with Gasteiger partial charge in [0, 0.05) is 26.7 Å². The summed E-state index contributed by atoms with van der Waals surface area (Å²) in [5.41, 5.74) is 0. The summed E-state index contributed by atoms with van der Waals surface area (Å²) in [5, 5.41) is 2.67. The molecule has 0 bridgehead atoms. The van der Waals surface area contributed by atoms with Gasteiger partial charge >= 0.3 is 0 Å². The van der Waals surface area contributed by atoms with Crippen molar-refractivity contribution in [2.45, 2.75) is 38.9 Å². The van der Waals surface area contributed by atoms with Gasteiger partial charge < -0.3 is 15.0 Å². The van der Waals surface area contributed by atoms with Gasteiger partial charge in [-0.1, -0.05) is 0 Å². The number of carbonyl (C=O) groups is 2. The van der Waals surface area contributed by atoms with Gasteiger partial charge in [0.25, 0.3) is 0 Å². The maximum atomic E-state index is 12.5. The highest BCUT2D eigenvalue weighted by Gasteiger charge is 2.27. The van der Waals surface area contributed by atoms with Crippen molar-refractivity contribution in [2.24, 2.45) is 5.92 Å². The Balaban J connectivity index is 1.69. The number of rotatable bonds is 6. The van der Waals surface area contributed by atoms with Gasteiger partial charge in [-0.05, 0) is 52.7 Å². The van der Waals surface area contributed by atoms with Crippen molar-refractivity contribution in [3.8, 4) is 0 Å². The number of morpholine rings is 1. The number of hydrogen-bond acceptors (Lipinski definition) is 5. The first kappa shape index (κ1) is 20.1. The zero-order valence-corrected chi connectivity index (χ0v) is 16.2. The van der Waals surface area contributed by atoms with Crippen molar-refractivity contribution in [3.05, 3.63) is 0 Å². The molecule has 2 fully saturated rings. The van der Waals surface area contributed by atoms with Crippen LogP contribution in [0.15, 0.2) is 0 Å². The number of carbonyl (C=O) groups excluding carboxylic acids is 2. The number of nitrogens with one attached hydrogen (secondary N) is 1. The zero-order valence-electron chi connectivity index (χ0n) is 16.2. The molecule has 2 saturated heterocycles. The van der Waals surface area contributed by atoms with Gasteiger partial charge in [-0.3, -0.25) is 19.4 Å². The Hall–Kier alpha value is -1.18. The average Bonchev–Trinajstić information content (AvgIpc) is 2.55. The molecule has 0 spiro atoms. The van der Waals surface area contributed by atoms with E-state index in [1.165, 1.54) is 0 Å². The van der Waals surface area contributed by atoms with Crippen molar-refractivity contribution in [2.75, 3.05) is 59.9 Å². The first-order chi connectivity index (χ1) is 11.9. The van der Waals surface area contributed by atoms with Crippen LogP contribution in [0.1, 0.15) is 26.7 Å². The van der Waals surface area contributed by atoms with Gasteiger partial charge in [0.05, 0.1) is 25.3 Å². The molecule has 0 radical (unpaired) electrons. The van der Waals surface area contributed by atoms with Crippen LogP contribution in [-0.4, -0.2) is 98.6 Å². The summed E-state index contributed by atoms with van der Waals surface area (Å²) in [6, 6.07) is 0. The second kappa shape index (κ2) is 9.50. The van der Waals surface area contributed by atoms with E-state index in [1.54, 1.807) is 7.05 Å². The van der Waals surface area contributed by atoms with Crippen molar-refractivity contribution in [1.29, 1.82) is 0 Å². The third-order valence-corrected chi connectivity index (χ3v) is 5.10. The number of piperidine rings is 1. The lowest BCUT2D eigenvalue weighted by molar-refractivity contribution is -0.144. The number of hydrogen-bond donors (Lipinski definition) is 1. The quantitative estimate of drug-likeness (QED) is 0.728. The summed E-state index contributed by atoms with van der Waals surface area (Å²) in [6.07, 6.45) is 2.40. The van der Waals surface area contributed by atoms with E-state index in [4.69, 9.17) is 4.74 Å². The van der Waals surface area contributed by atoms with Gasteiger partial charge in [0.2, 0.25) is 11.8 Å². The molecule has 2 heterocycles. The molecule has 0 aromatic rings. The standard InChI is InChI=1S/C18H34N4O3/c1-14-9-22(10-15(2)25-14)18(24)13-20(4)11-16-5-7-21(8-6-16)12-17(23)19-3/h14-16H,5-13H2,1-4H3,(H,19,23). The summed E-state index contributed by atoms with van der Waals surface area (Å²) in [5.74, 6) is 0.873. The Morgan fingerprint density at radius 3 is 2.32 bits per heavy atom. The summed E-state index contributed by atoms with van der Waals surface area (Å²) in [4.78, 5) is 30.3. The van der Waals surface area contributed by atoms with Crippen molar-refractivity contribution in [1.82, 2.24) is 20.0 Å². The molecule has 7 nitrogen and oxygen atoms in total. The molecule has 7 heteroatoms. The Morgan fingerprint density at radius 1 is 1.16 bits per heavy atom. The van der Waals surface area contributed by atoms with E-state index < -0.39 is 0 Å². The van der Waals surface area contributed by atoms with Gasteiger partial charge in [0.15, 0.2) is 0 Å². The van der Waals surface area contributed by atoms with E-state index in [0.717, 1.165) is 32.5 Å². The van der Waals surface area contributed by atoms with Crippen LogP contribution in [0, 0.1) is 5.92 Å². The molecule has 2 aliphatic rings. The SMILES string of the molecule is CNC(=O)CN1CCC(CN(C)CC(=O)N2CC(C)OC(C)C2)CC1. The normalized spacial score (nSPS) is 26.0. The zero-order chi connectivity index (χ0) is 18.4. The van der Waals surface area contributed by atoms with Crippen molar-refractivity contribution < 1.29 is 14.3 Å². The lowest BCUT2D eigenvalue weighted by Crippen LogP contribution is -2.51. The number of amides is 2. The van der Waals surface area contributed by atoms with E-state index in [9.17, 15) is 9.59 Å². The molecule has 0 aromatic heterocycles. The molecular formula is C18H34N4O3. The lowest BCUT2D eigenvalue weighted by atomic mass is 9.96. The first-order valence-corrected chi connectivity index (χ1v) is 9.42. The summed E-state index contributed by atoms with van der Waals surface area (Å²) >= 11 is 0. The molecule has 1 N–H and O–H groups in total. The third kappa shape index (κ3) is 6.56. The fourth-order valence-electron chi connectivity index (χ4n) is 3.83. The molecule has 0 aliphatic carbocycles. The second-order valence-electron chi connectivity index (χ2n) is 7.65. The van der Waals surface area contributed by atoms with Gasteiger partial charge in [-0.25, -0.2) is 0 Å². The highest BCUT2D eigenvalue weighted by atomic mass is 16.5. The van der Waals surface area contributed by atoms with E-state index in [-0.39, 0.29) is 24.0 Å². The Bertz CT molecular complexity index is 442. The second-order valence-corrected chi connectivity index (χ2v) is 7.65. The van der Waals surface area contributed by atoms with Crippen LogP contribution in [0.4, 0.5) is 0 Å². The van der Waals surface area contributed by atoms with E-state index in [1.807, 2.05) is 25.8 Å². The molecule has 2 atom stereocenters. The molecule has 2 rings (SSSR count). The minimum Gasteiger partial charge on any atom is -0.372 e. The van der Waals surface area contributed by atoms with Gasteiger partial charge in [-0.2, -0.15) is 0 Å². The van der Waals surface area contributed by atoms with Crippen LogP contribution in [0.3, 0.4) is 0 Å². The smallest absolute Gasteiger partial charge is 0.236 e. The maximum Gasteiger partial charge on any atom is 0.236 e. The third-order valence-electron chi connectivity index (χ3n) is 5.10. The predicted molar refractivity (Wildman–Crippen MR) is 97.3 cm³/mol. The average molecular weight is 354 g/mol. The summed E-state index contributed by atoms with van der Waals surface area (Å²) in [7, 11) is 3.71. The van der Waals surface area contributed by atoms with Crippen molar-refractivity contribution in [3.63, 3.8) is 0 Å². The van der Waals surface area contributed by atoms with E-state index in [0.29, 0.717) is 32.1 Å². The minimum atomic E-state index is 0.0788. The first-order valence-electron chi connectivity index (χ1n) is 9.42. The van der Waals surface area contributed by atoms with Crippen LogP contribution in [0.5, 0.6) is 0 Å². The highest BCUT2D eigenvalue weighted by Crippen LogP contribution is 2.18. The van der Waals surface area contributed by atoms with Gasteiger partial charge in [-0.15, -0.1) is 0 Å². The van der Waals surface area contributed by atoms with Crippen LogP contribution in [0.2, 0.25) is 0 Å². The topological polar surface area (TPSA) is 65.1 Å². The number of ether oxygens (including phenoxy) is 1. The molecule has 144 valence electrons. The fraction of sp³-hybridized carbons (Fsp3) is 0.889. The molecule has 0 saturated carbocycles. The molecular weight excluding hydrogens is 320 g/mol. The van der Waals surface area contributed by atoms with Crippen LogP contribution in [-0.2, 0) is 14.3 Å². The summed E-state index contributed by atoms with van der Waals surface area (Å²) in [6.45, 7) is 9.23. The lowest BCUT2D eigenvalue weighted by Gasteiger charge is -2.37. The molecule has 2 unspecified atom stereocenters. The largest absolute Gasteiger partial charge is 0.372 e. The van der Waals surface area contributed by atoms with E-state index in [2.05, 4.69) is 15.1 Å². The number of likely N-dealkylation sites (tertiary alicyclic amines) is 1. The summed E-state index contributed by atoms with van der Waals surface area (Å²) < 4.78 is 5.70. The fourth-order valence-corrected chi connectivity index (χ4v) is 3.83. The molecule has 25 heavy (non-hydrogen) atoms. The molecule has 2 aliphatic heterocycles. The Labute approximate surface area is 151 Å². The van der Waals surface area contributed by atoms with Crippen LogP contribution >= 0.6 is 0 Å². The monoisotopic (exact) mass is 354 g/mol. The van der Waals surface area contributed by atoms with Crippen LogP contribution in [0.25, 0.3) is 0 Å². The van der Waals surface area contributed by atoms with E-state index >= 15 is 0 Å². The van der Waals surface area contributed by atoms with Crippen LogP contribution < -0.4 is 5.32 Å². The van der Waals surface area contributed by atoms with Gasteiger partial charge in [0.1, 0.15) is 0 Å². The number of likely N-dealkylation sites (N-methyl/N-ethyl adjacent to an activating group) is 2. The highest BCUT2D eigenvalue weighted by molar-refractivity contribution is 5.78.